The van der Waals surface area contributed by atoms with Gasteiger partial charge < -0.3 is 35.7 Å². The second-order valence-electron chi connectivity index (χ2n) is 8.59. The zero-order chi connectivity index (χ0) is 29.4. The van der Waals surface area contributed by atoms with E-state index in [4.69, 9.17) is 30.4 Å². The summed E-state index contributed by atoms with van der Waals surface area (Å²) in [4.78, 5) is 44.6. The smallest absolute Gasteiger partial charge is 0.320 e. The van der Waals surface area contributed by atoms with Gasteiger partial charge >= 0.3 is 5.97 Å². The molecule has 0 aliphatic heterocycles. The Labute approximate surface area is 229 Å². The Balaban J connectivity index is 1.77. The van der Waals surface area contributed by atoms with Gasteiger partial charge in [-0.15, -0.1) is 0 Å². The van der Waals surface area contributed by atoms with Gasteiger partial charge in [-0.25, -0.2) is 4.39 Å². The van der Waals surface area contributed by atoms with Gasteiger partial charge in [0.1, 0.15) is 11.9 Å². The van der Waals surface area contributed by atoms with E-state index in [2.05, 4.69) is 15.3 Å². The van der Waals surface area contributed by atoms with E-state index >= 15 is 4.39 Å². The fourth-order valence-corrected chi connectivity index (χ4v) is 3.73. The number of rotatable bonds is 12. The van der Waals surface area contributed by atoms with Gasteiger partial charge in [-0.05, 0) is 38.1 Å². The Morgan fingerprint density at radius 1 is 1.05 bits per heavy atom. The van der Waals surface area contributed by atoms with Crippen molar-refractivity contribution in [3.05, 3.63) is 48.4 Å². The highest BCUT2D eigenvalue weighted by Gasteiger charge is 2.28. The minimum atomic E-state index is -1.44. The van der Waals surface area contributed by atoms with Gasteiger partial charge in [0.05, 0.1) is 32.8 Å². The van der Waals surface area contributed by atoms with Gasteiger partial charge in [0.25, 0.3) is 0 Å². The average Bonchev–Trinajstić information content (AvgIpc) is 2.92. The van der Waals surface area contributed by atoms with Crippen LogP contribution in [0.3, 0.4) is 0 Å². The Morgan fingerprint density at radius 3 is 2.38 bits per heavy atom. The number of halogens is 1. The second kappa shape index (κ2) is 13.3. The molecule has 1 heterocycles. The Kier molecular flexibility index (Phi) is 9.92. The summed E-state index contributed by atoms with van der Waals surface area (Å²) in [6, 6.07) is 8.68. The van der Waals surface area contributed by atoms with Crippen molar-refractivity contribution < 1.29 is 37.7 Å². The van der Waals surface area contributed by atoms with Crippen LogP contribution < -0.4 is 31.0 Å². The number of benzene rings is 2. The summed E-state index contributed by atoms with van der Waals surface area (Å²) in [6.45, 7) is 2.71. The van der Waals surface area contributed by atoms with Crippen molar-refractivity contribution in [2.24, 2.45) is 22.4 Å². The van der Waals surface area contributed by atoms with E-state index in [0.717, 1.165) is 6.07 Å². The zero-order valence-electron chi connectivity index (χ0n) is 22.4. The molecule has 0 spiro atoms. The third-order valence-electron chi connectivity index (χ3n) is 5.69. The van der Waals surface area contributed by atoms with Gasteiger partial charge in [0.15, 0.2) is 29.0 Å². The molecule has 2 unspecified atom stereocenters. The number of ether oxygens (including phenoxy) is 4. The molecule has 0 radical (unpaired) electrons. The van der Waals surface area contributed by atoms with E-state index in [9.17, 15) is 14.4 Å². The van der Waals surface area contributed by atoms with Crippen molar-refractivity contribution >= 4 is 40.1 Å². The van der Waals surface area contributed by atoms with Crippen LogP contribution >= 0.6 is 0 Å². The van der Waals surface area contributed by atoms with Gasteiger partial charge in [-0.3, -0.25) is 24.4 Å². The van der Waals surface area contributed by atoms with E-state index in [0.29, 0.717) is 28.2 Å². The molecule has 212 valence electrons. The molecule has 0 aliphatic carbocycles. The van der Waals surface area contributed by atoms with Crippen LogP contribution in [0.15, 0.2) is 47.6 Å². The molecule has 0 bridgehead atoms. The number of anilines is 1. The summed E-state index contributed by atoms with van der Waals surface area (Å²) in [5, 5.41) is 3.02. The largest absolute Gasteiger partial charge is 0.493 e. The van der Waals surface area contributed by atoms with E-state index in [1.165, 1.54) is 39.5 Å². The average molecular weight is 556 g/mol. The number of amides is 2. The first kappa shape index (κ1) is 29.8. The first-order chi connectivity index (χ1) is 19.1. The number of aromatic nitrogens is 1. The van der Waals surface area contributed by atoms with Crippen LogP contribution in [0.1, 0.15) is 13.8 Å². The van der Waals surface area contributed by atoms with Crippen LogP contribution in [-0.2, 0) is 19.1 Å². The first-order valence-corrected chi connectivity index (χ1v) is 12.1. The third-order valence-corrected chi connectivity index (χ3v) is 5.69. The molecule has 2 amide bonds. The summed E-state index contributed by atoms with van der Waals surface area (Å²) in [6.07, 6.45) is 0.872. The lowest BCUT2D eigenvalue weighted by atomic mass is 10.0. The molecule has 1 aromatic heterocycles. The number of nitrogens with one attached hydrogen (secondary N) is 1. The van der Waals surface area contributed by atoms with Gasteiger partial charge in [-0.1, -0.05) is 0 Å². The molecular formula is C27H30FN5O7. The van der Waals surface area contributed by atoms with Crippen LogP contribution in [0.5, 0.6) is 23.0 Å². The number of nitrogens with two attached hydrogens (primary N) is 2. The fourth-order valence-electron chi connectivity index (χ4n) is 3.73. The predicted molar refractivity (Wildman–Crippen MR) is 145 cm³/mol. The third kappa shape index (κ3) is 7.20. The molecule has 0 saturated carbocycles. The SMILES string of the molecule is COc1cc2nccc(Oc3ccc(NC(=O)C(C(N)=O)C(C)=NCC(C)OC(=O)CN)cc3F)c2cc1OC. The molecule has 5 N–H and O–H groups in total. The molecule has 3 aromatic rings. The fraction of sp³-hybridized carbons (Fsp3) is 0.296. The molecule has 40 heavy (non-hydrogen) atoms. The molecule has 2 atom stereocenters. The molecule has 2 aromatic carbocycles. The second-order valence-corrected chi connectivity index (χ2v) is 8.59. The number of aliphatic imine (C=N–C) groups is 1. The number of fused-ring (bicyclic) bond motifs is 1. The quantitative estimate of drug-likeness (QED) is 0.172. The van der Waals surface area contributed by atoms with Gasteiger partial charge in [-0.2, -0.15) is 0 Å². The van der Waals surface area contributed by atoms with E-state index in [1.54, 1.807) is 25.1 Å². The normalized spacial score (nSPS) is 12.8. The molecule has 0 saturated heterocycles. The zero-order valence-corrected chi connectivity index (χ0v) is 22.4. The van der Waals surface area contributed by atoms with E-state index < -0.39 is 35.6 Å². The van der Waals surface area contributed by atoms with Crippen LogP contribution in [-0.4, -0.2) is 61.9 Å². The highest BCUT2D eigenvalue weighted by atomic mass is 19.1. The van der Waals surface area contributed by atoms with Crippen molar-refractivity contribution in [2.45, 2.75) is 20.0 Å². The Bertz CT molecular complexity index is 1450. The van der Waals surface area contributed by atoms with Crippen molar-refractivity contribution in [1.29, 1.82) is 0 Å². The van der Waals surface area contributed by atoms with Crippen molar-refractivity contribution in [3.8, 4) is 23.0 Å². The number of carbonyl (C=O) groups excluding carboxylic acids is 3. The van der Waals surface area contributed by atoms with Gasteiger partial charge in [0, 0.05) is 35.1 Å². The Morgan fingerprint density at radius 2 is 1.75 bits per heavy atom. The highest BCUT2D eigenvalue weighted by molar-refractivity contribution is 6.22. The molecule has 3 rings (SSSR count). The summed E-state index contributed by atoms with van der Waals surface area (Å²) < 4.78 is 36.5. The number of hydrogen-bond donors (Lipinski definition) is 3. The number of nitrogens with zero attached hydrogens (tertiary/aromatic N) is 2. The number of hydrogen-bond acceptors (Lipinski definition) is 10. The summed E-state index contributed by atoms with van der Waals surface area (Å²) in [5.74, 6) is -3.48. The lowest BCUT2D eigenvalue weighted by Gasteiger charge is -2.16. The van der Waals surface area contributed by atoms with Crippen LogP contribution in [0.2, 0.25) is 0 Å². The number of esters is 1. The Hall–Kier alpha value is -4.78. The van der Waals surface area contributed by atoms with Crippen LogP contribution in [0, 0.1) is 11.7 Å². The first-order valence-electron chi connectivity index (χ1n) is 12.1. The predicted octanol–water partition coefficient (Wildman–Crippen LogP) is 2.57. The van der Waals surface area contributed by atoms with Crippen molar-refractivity contribution in [3.63, 3.8) is 0 Å². The van der Waals surface area contributed by atoms with E-state index in [-0.39, 0.29) is 30.2 Å². The summed E-state index contributed by atoms with van der Waals surface area (Å²) in [7, 11) is 2.99. The summed E-state index contributed by atoms with van der Waals surface area (Å²) >= 11 is 0. The standard InChI is InChI=1S/C27H30FN5O7/c1-14(39-24(34)12-29)13-32-15(2)25(26(30)35)27(36)33-16-5-6-21(18(28)9-16)40-20-7-8-31-19-11-23(38-4)22(37-3)10-17(19)20/h5-11,14,25H,12-13,29H2,1-4H3,(H2,30,35)(H,33,36). The lowest BCUT2D eigenvalue weighted by molar-refractivity contribution is -0.146. The van der Waals surface area contributed by atoms with Crippen LogP contribution in [0.25, 0.3) is 10.9 Å². The van der Waals surface area contributed by atoms with Crippen molar-refractivity contribution in [1.82, 2.24) is 4.98 Å². The maximum absolute atomic E-state index is 15.0. The summed E-state index contributed by atoms with van der Waals surface area (Å²) in [5.41, 5.74) is 11.3. The van der Waals surface area contributed by atoms with E-state index in [1.807, 2.05) is 0 Å². The van der Waals surface area contributed by atoms with Crippen molar-refractivity contribution in [2.75, 3.05) is 32.6 Å². The molecule has 0 aliphatic rings. The number of primary amides is 1. The molecule has 12 nitrogen and oxygen atoms in total. The lowest BCUT2D eigenvalue weighted by Crippen LogP contribution is -2.39. The maximum atomic E-state index is 15.0. The molecular weight excluding hydrogens is 525 g/mol. The van der Waals surface area contributed by atoms with Crippen LogP contribution in [0.4, 0.5) is 10.1 Å². The maximum Gasteiger partial charge on any atom is 0.320 e. The number of pyridine rings is 1. The molecule has 0 fully saturated rings. The topological polar surface area (TPSA) is 177 Å². The highest BCUT2D eigenvalue weighted by Crippen LogP contribution is 2.37. The molecule has 13 heteroatoms. The van der Waals surface area contributed by atoms with Gasteiger partial charge in [0.2, 0.25) is 11.8 Å². The minimum Gasteiger partial charge on any atom is -0.493 e. The number of methoxy groups -OCH3 is 2. The monoisotopic (exact) mass is 555 g/mol. The minimum absolute atomic E-state index is 0.0162. The number of carbonyl (C=O) groups is 3.